The molecule has 498 valence electrons. The van der Waals surface area contributed by atoms with Gasteiger partial charge in [0.05, 0.1) is 0 Å². The molecule has 0 amide bonds. The summed E-state index contributed by atoms with van der Waals surface area (Å²) in [5.74, 6) is -0.770. The van der Waals surface area contributed by atoms with Crippen molar-refractivity contribution in [2.45, 2.75) is 312 Å². The summed E-state index contributed by atoms with van der Waals surface area (Å²) in [5.41, 5.74) is 11.8. The van der Waals surface area contributed by atoms with Gasteiger partial charge in [0.2, 0.25) is 0 Å². The second-order valence-electron chi connectivity index (χ2n) is 26.3. The molecular weight excluding hydrogens is 1260 g/mol. The fourth-order valence-corrected chi connectivity index (χ4v) is 23.4. The number of carboxylic acids is 1. The van der Waals surface area contributed by atoms with Crippen LogP contribution in [-0.4, -0.2) is 11.1 Å². The first kappa shape index (κ1) is 73.9. The van der Waals surface area contributed by atoms with Gasteiger partial charge >= 0.3 is 5.97 Å². The predicted molar refractivity (Wildman–Crippen MR) is 417 cm³/mol. The van der Waals surface area contributed by atoms with Gasteiger partial charge in [-0.15, -0.1) is 90.7 Å². The molecule has 8 aromatic rings. The monoisotopic (exact) mass is 1370 g/mol. The summed E-state index contributed by atoms with van der Waals surface area (Å²) in [6.45, 7) is 18.6. The third-order valence-electron chi connectivity index (χ3n) is 18.6. The average molecular weight is 1380 g/mol. The number of hydrogen-bond donors (Lipinski definition) is 1. The van der Waals surface area contributed by atoms with E-state index in [0.717, 1.165) is 61.8 Å². The van der Waals surface area contributed by atoms with Gasteiger partial charge in [0.1, 0.15) is 4.88 Å². The molecule has 0 saturated carbocycles. The Morgan fingerprint density at radius 2 is 0.473 bits per heavy atom. The Bertz CT molecular complexity index is 3350. The minimum absolute atomic E-state index is 0.545. The molecule has 0 aliphatic carbocycles. The molecule has 8 heterocycles. The van der Waals surface area contributed by atoms with Crippen molar-refractivity contribution in [2.24, 2.45) is 0 Å². The third kappa shape index (κ3) is 21.5. The molecule has 0 spiro atoms. The minimum Gasteiger partial charge on any atom is -0.477 e. The summed E-state index contributed by atoms with van der Waals surface area (Å²) in [5, 5.41) is 12.9. The van der Waals surface area contributed by atoms with Gasteiger partial charge in [-0.25, -0.2) is 4.79 Å². The van der Waals surface area contributed by atoms with Crippen LogP contribution in [-0.2, 0) is 51.4 Å². The van der Waals surface area contributed by atoms with Crippen molar-refractivity contribution >= 4 is 96.7 Å². The largest absolute Gasteiger partial charge is 0.477 e. The minimum atomic E-state index is -0.770. The van der Waals surface area contributed by atoms with Crippen LogP contribution in [0.25, 0.3) is 68.3 Å². The van der Waals surface area contributed by atoms with E-state index in [1.54, 1.807) is 32.7 Å². The molecule has 0 unspecified atom stereocenters. The molecule has 0 fully saturated rings. The smallest absolute Gasteiger partial charge is 0.346 e. The lowest BCUT2D eigenvalue weighted by molar-refractivity contribution is 0.0701. The van der Waals surface area contributed by atoms with Crippen LogP contribution in [0, 0.1) is 0 Å². The molecule has 0 radical (unpaired) electrons. The highest BCUT2D eigenvalue weighted by Gasteiger charge is 2.27. The first-order chi connectivity index (χ1) is 44.7. The lowest BCUT2D eigenvalue weighted by Crippen LogP contribution is -1.97. The Kier molecular flexibility index (Phi) is 32.9. The Morgan fingerprint density at radius 1 is 0.264 bits per heavy atom. The highest BCUT2D eigenvalue weighted by atomic mass is 32.1. The summed E-state index contributed by atoms with van der Waals surface area (Å²) in [4.78, 5) is 33.8. The zero-order chi connectivity index (χ0) is 64.2. The van der Waals surface area contributed by atoms with Crippen LogP contribution in [0.15, 0.2) is 53.9 Å². The Balaban J connectivity index is 1.24. The SMILES string of the molecule is CCCCCCc1cc(-c2sc(-c3sc(-c4sc(-c5sc(-c6sc(-c7sc(-c8sccc8CCCCCC)cc7CCCCCC)cc6CCCCCC)cc5CCCCCC)cc4CCCCCC)cc3CCCCCC)cc2CCCCCC)sc1C(=O)O. The van der Waals surface area contributed by atoms with Gasteiger partial charge < -0.3 is 5.11 Å². The molecular formula is C81H114O2S8. The number of hydrogen-bond acceptors (Lipinski definition) is 9. The molecule has 8 rings (SSSR count). The average Bonchev–Trinajstić information content (AvgIpc) is 1.95. The number of thiophene rings is 8. The molecule has 0 atom stereocenters. The summed E-state index contributed by atoms with van der Waals surface area (Å²) < 4.78 is 0. The first-order valence-corrected chi connectivity index (χ1v) is 43.5. The van der Waals surface area contributed by atoms with Crippen LogP contribution in [0.4, 0.5) is 0 Å². The predicted octanol–water partition coefficient (Wildman–Crippen LogP) is 30.5. The van der Waals surface area contributed by atoms with Crippen LogP contribution < -0.4 is 0 Å². The van der Waals surface area contributed by atoms with Crippen LogP contribution in [0.5, 0.6) is 0 Å². The maximum atomic E-state index is 12.9. The molecule has 1 N–H and O–H groups in total. The van der Waals surface area contributed by atoms with Gasteiger partial charge in [-0.05, 0) is 201 Å². The van der Waals surface area contributed by atoms with Crippen LogP contribution in [0.2, 0.25) is 0 Å². The second kappa shape index (κ2) is 40.6. The second-order valence-corrected chi connectivity index (χ2v) is 34.6. The Morgan fingerprint density at radius 3 is 0.714 bits per heavy atom. The Labute approximate surface area is 585 Å². The fraction of sp³-hybridized carbons (Fsp3) is 0.593. The quantitative estimate of drug-likeness (QED) is 0.0386. The van der Waals surface area contributed by atoms with Gasteiger partial charge in [0.25, 0.3) is 0 Å². The molecule has 0 bridgehead atoms. The molecule has 0 aliphatic rings. The van der Waals surface area contributed by atoms with Crippen LogP contribution >= 0.6 is 90.7 Å². The lowest BCUT2D eigenvalue weighted by Gasteiger charge is -2.02. The van der Waals surface area contributed by atoms with E-state index in [4.69, 9.17) is 0 Å². The zero-order valence-corrected chi connectivity index (χ0v) is 64.1. The van der Waals surface area contributed by atoms with Crippen molar-refractivity contribution < 1.29 is 9.90 Å². The van der Waals surface area contributed by atoms with E-state index in [1.807, 2.05) is 22.7 Å². The molecule has 8 aromatic heterocycles. The summed E-state index contributed by atoms with van der Waals surface area (Å²) in [6, 6.07) is 20.6. The van der Waals surface area contributed by atoms with E-state index in [1.165, 1.54) is 286 Å². The lowest BCUT2D eigenvalue weighted by atomic mass is 10.0. The maximum absolute atomic E-state index is 12.9. The van der Waals surface area contributed by atoms with Gasteiger partial charge in [-0.1, -0.05) is 209 Å². The van der Waals surface area contributed by atoms with E-state index in [-0.39, 0.29) is 0 Å². The highest BCUT2D eigenvalue weighted by Crippen LogP contribution is 2.54. The highest BCUT2D eigenvalue weighted by molar-refractivity contribution is 7.32. The van der Waals surface area contributed by atoms with Gasteiger partial charge in [-0.2, -0.15) is 0 Å². The van der Waals surface area contributed by atoms with Crippen molar-refractivity contribution in [3.63, 3.8) is 0 Å². The summed E-state index contributed by atoms with van der Waals surface area (Å²) in [7, 11) is 0. The third-order valence-corrected chi connectivity index (χ3v) is 29.0. The number of rotatable bonds is 48. The van der Waals surface area contributed by atoms with Gasteiger partial charge in [0, 0.05) is 68.3 Å². The molecule has 10 heteroatoms. The van der Waals surface area contributed by atoms with E-state index < -0.39 is 5.97 Å². The zero-order valence-electron chi connectivity index (χ0n) is 57.6. The molecule has 0 saturated heterocycles. The van der Waals surface area contributed by atoms with Crippen molar-refractivity contribution in [1.82, 2.24) is 0 Å². The molecule has 0 aliphatic heterocycles. The van der Waals surface area contributed by atoms with Crippen molar-refractivity contribution in [3.05, 3.63) is 103 Å². The molecule has 91 heavy (non-hydrogen) atoms. The van der Waals surface area contributed by atoms with Crippen molar-refractivity contribution in [3.8, 4) is 68.3 Å². The van der Waals surface area contributed by atoms with E-state index in [0.29, 0.717) is 4.88 Å². The molecule has 2 nitrogen and oxygen atoms in total. The van der Waals surface area contributed by atoms with Gasteiger partial charge in [-0.3, -0.25) is 0 Å². The summed E-state index contributed by atoms with van der Waals surface area (Å²) in [6.07, 6.45) is 48.8. The van der Waals surface area contributed by atoms with E-state index >= 15 is 0 Å². The van der Waals surface area contributed by atoms with Crippen molar-refractivity contribution in [2.75, 3.05) is 0 Å². The standard InChI is InChI=1S/C81H114O2S8/c1-9-17-25-33-41-58-49-50-84-73(58)66-51-59(42-34-26-18-10-2)74(85-66)67-52-60(43-35-27-19-11-3)75(86-67)68-53-61(44-36-28-20-12-4)76(87-68)69-54-62(45-37-29-21-13-5)77(88-69)70-55-63(46-38-30-22-14-6)78(89-70)71-56-64(47-39-31-23-15-7)79(90-71)72-57-65(48-40-32-24-16-8)80(91-72)81(82)83/h49-57H,9-48H2,1-8H3,(H,82,83). The number of carboxylic acid groups (broad SMARTS) is 1. The van der Waals surface area contributed by atoms with E-state index in [2.05, 4.69) is 166 Å². The maximum Gasteiger partial charge on any atom is 0.346 e. The van der Waals surface area contributed by atoms with Gasteiger partial charge in [0.15, 0.2) is 0 Å². The number of unbranched alkanes of at least 4 members (excludes halogenated alkanes) is 24. The fourth-order valence-electron chi connectivity index (χ4n) is 13.2. The first-order valence-electron chi connectivity index (χ1n) is 36.9. The van der Waals surface area contributed by atoms with E-state index in [9.17, 15) is 9.90 Å². The molecule has 0 aromatic carbocycles. The van der Waals surface area contributed by atoms with Crippen molar-refractivity contribution in [1.29, 1.82) is 0 Å². The van der Waals surface area contributed by atoms with Crippen LogP contribution in [0.3, 0.4) is 0 Å². The summed E-state index contributed by atoms with van der Waals surface area (Å²) >= 11 is 16.0. The van der Waals surface area contributed by atoms with Crippen LogP contribution in [0.1, 0.15) is 315 Å². The normalized spacial score (nSPS) is 11.8. The number of aryl methyl sites for hydroxylation is 8. The number of aromatic carboxylic acids is 1. The Hall–Kier alpha value is -2.93. The number of carbonyl (C=O) groups is 1. The topological polar surface area (TPSA) is 37.3 Å².